The standard InChI is InChI=1S/C19H20O12/c1-26-14(20)8-7-9(15(21)27-2)11(17(23)29-4)13(19(25)31-6)12(18(24)30-5)10(8)16(22)28-3/h7-8H,1-6H3. The maximum Gasteiger partial charge on any atom is 0.339 e. The highest BCUT2D eigenvalue weighted by molar-refractivity contribution is 6.21. The first-order valence-electron chi connectivity index (χ1n) is 8.35. The van der Waals surface area contributed by atoms with Gasteiger partial charge in [0.05, 0.1) is 70.5 Å². The number of carbonyl (C=O) groups excluding carboxylic acids is 6. The van der Waals surface area contributed by atoms with Gasteiger partial charge in [-0.25, -0.2) is 24.0 Å². The van der Waals surface area contributed by atoms with Crippen LogP contribution < -0.4 is 0 Å². The Kier molecular flexibility index (Phi) is 8.67. The maximum absolute atomic E-state index is 12.7. The second-order valence-electron chi connectivity index (χ2n) is 5.58. The highest BCUT2D eigenvalue weighted by Crippen LogP contribution is 2.36. The molecular weight excluding hydrogens is 420 g/mol. The Labute approximate surface area is 176 Å². The normalized spacial score (nSPS) is 15.8. The minimum Gasteiger partial charge on any atom is -0.468 e. The molecule has 1 aliphatic rings. The van der Waals surface area contributed by atoms with Crippen molar-refractivity contribution in [2.45, 2.75) is 0 Å². The van der Waals surface area contributed by atoms with Gasteiger partial charge >= 0.3 is 35.8 Å². The average molecular weight is 440 g/mol. The molecule has 0 amide bonds. The van der Waals surface area contributed by atoms with Crippen LogP contribution in [-0.2, 0) is 57.2 Å². The molecular formula is C19H20O12. The fraction of sp³-hybridized carbons (Fsp3) is 0.368. The van der Waals surface area contributed by atoms with E-state index in [9.17, 15) is 28.8 Å². The number of rotatable bonds is 6. The van der Waals surface area contributed by atoms with Crippen molar-refractivity contribution >= 4 is 35.8 Å². The summed E-state index contributed by atoms with van der Waals surface area (Å²) >= 11 is 0. The zero-order chi connectivity index (χ0) is 23.9. The molecule has 12 heteroatoms. The largest absolute Gasteiger partial charge is 0.468 e. The average Bonchev–Trinajstić information content (AvgIpc) is 2.95. The van der Waals surface area contributed by atoms with Crippen molar-refractivity contribution < 1.29 is 57.2 Å². The summed E-state index contributed by atoms with van der Waals surface area (Å²) in [6, 6.07) is 0. The lowest BCUT2D eigenvalue weighted by Crippen LogP contribution is -2.28. The molecule has 0 radical (unpaired) electrons. The van der Waals surface area contributed by atoms with E-state index in [0.29, 0.717) is 0 Å². The summed E-state index contributed by atoms with van der Waals surface area (Å²) in [7, 11) is 5.65. The van der Waals surface area contributed by atoms with E-state index in [0.717, 1.165) is 48.7 Å². The third-order valence-electron chi connectivity index (χ3n) is 4.12. The van der Waals surface area contributed by atoms with Crippen LogP contribution in [0.3, 0.4) is 0 Å². The van der Waals surface area contributed by atoms with E-state index in [1.165, 1.54) is 0 Å². The molecule has 168 valence electrons. The molecule has 1 aliphatic carbocycles. The summed E-state index contributed by atoms with van der Waals surface area (Å²) in [6.45, 7) is 0. The number of ether oxygens (including phenoxy) is 6. The van der Waals surface area contributed by atoms with E-state index in [-0.39, 0.29) is 0 Å². The molecule has 0 bridgehead atoms. The van der Waals surface area contributed by atoms with E-state index in [2.05, 4.69) is 28.4 Å². The summed E-state index contributed by atoms with van der Waals surface area (Å²) in [5.41, 5.74) is -3.92. The predicted octanol–water partition coefficient (Wildman–Crippen LogP) is -0.826. The van der Waals surface area contributed by atoms with Gasteiger partial charge in [0.15, 0.2) is 0 Å². The smallest absolute Gasteiger partial charge is 0.339 e. The number of hydrogen-bond acceptors (Lipinski definition) is 12. The lowest BCUT2D eigenvalue weighted by molar-refractivity contribution is -0.146. The second-order valence-corrected chi connectivity index (χ2v) is 5.58. The van der Waals surface area contributed by atoms with E-state index >= 15 is 0 Å². The monoisotopic (exact) mass is 440 g/mol. The molecule has 0 aromatic carbocycles. The molecule has 0 heterocycles. The van der Waals surface area contributed by atoms with Gasteiger partial charge in [-0.2, -0.15) is 0 Å². The molecule has 0 spiro atoms. The minimum atomic E-state index is -1.78. The van der Waals surface area contributed by atoms with E-state index in [4.69, 9.17) is 0 Å². The number of hydrogen-bond donors (Lipinski definition) is 0. The van der Waals surface area contributed by atoms with Crippen LogP contribution in [0.2, 0.25) is 0 Å². The topological polar surface area (TPSA) is 158 Å². The minimum absolute atomic E-state index is 0.662. The second kappa shape index (κ2) is 10.7. The molecule has 1 unspecified atom stereocenters. The van der Waals surface area contributed by atoms with Crippen molar-refractivity contribution in [1.29, 1.82) is 0 Å². The summed E-state index contributed by atoms with van der Waals surface area (Å²) in [6.07, 6.45) is 0.815. The first-order valence-corrected chi connectivity index (χ1v) is 8.35. The van der Waals surface area contributed by atoms with Crippen molar-refractivity contribution in [3.05, 3.63) is 33.9 Å². The molecule has 0 aliphatic heterocycles. The van der Waals surface area contributed by atoms with Crippen LogP contribution in [0.1, 0.15) is 0 Å². The van der Waals surface area contributed by atoms with Gasteiger partial charge < -0.3 is 28.4 Å². The fourth-order valence-electron chi connectivity index (χ4n) is 2.75. The Morgan fingerprint density at radius 1 is 0.548 bits per heavy atom. The van der Waals surface area contributed by atoms with Gasteiger partial charge in [-0.3, -0.25) is 4.79 Å². The van der Waals surface area contributed by atoms with Gasteiger partial charge in [0.25, 0.3) is 0 Å². The summed E-state index contributed by atoms with van der Waals surface area (Å²) in [5, 5.41) is 0. The number of methoxy groups -OCH3 is 6. The van der Waals surface area contributed by atoms with Crippen molar-refractivity contribution in [2.24, 2.45) is 5.92 Å². The third kappa shape index (κ3) is 4.79. The van der Waals surface area contributed by atoms with Gasteiger partial charge in [-0.1, -0.05) is 6.08 Å². The summed E-state index contributed by atoms with van der Waals surface area (Å²) < 4.78 is 27.9. The van der Waals surface area contributed by atoms with Crippen LogP contribution in [0.15, 0.2) is 33.9 Å². The molecule has 0 aromatic heterocycles. The van der Waals surface area contributed by atoms with Crippen LogP contribution in [0.5, 0.6) is 0 Å². The Hall–Kier alpha value is -3.96. The molecule has 31 heavy (non-hydrogen) atoms. The van der Waals surface area contributed by atoms with Gasteiger partial charge in [-0.15, -0.1) is 0 Å². The third-order valence-corrected chi connectivity index (χ3v) is 4.12. The van der Waals surface area contributed by atoms with Crippen molar-refractivity contribution in [3.63, 3.8) is 0 Å². The van der Waals surface area contributed by atoms with Crippen molar-refractivity contribution in [3.8, 4) is 0 Å². The highest BCUT2D eigenvalue weighted by atomic mass is 16.5. The van der Waals surface area contributed by atoms with E-state index in [1.54, 1.807) is 0 Å². The molecule has 1 atom stereocenters. The molecule has 0 aromatic rings. The van der Waals surface area contributed by atoms with E-state index < -0.39 is 69.6 Å². The number of esters is 6. The quantitative estimate of drug-likeness (QED) is 0.373. The molecule has 0 fully saturated rings. The van der Waals surface area contributed by atoms with Crippen LogP contribution in [-0.4, -0.2) is 78.5 Å². The zero-order valence-electron chi connectivity index (χ0n) is 17.6. The van der Waals surface area contributed by atoms with E-state index in [1.807, 2.05) is 0 Å². The first kappa shape index (κ1) is 25.1. The fourth-order valence-corrected chi connectivity index (χ4v) is 2.75. The lowest BCUT2D eigenvalue weighted by Gasteiger charge is -2.17. The Balaban J connectivity index is 4.41. The van der Waals surface area contributed by atoms with Crippen LogP contribution in [0.25, 0.3) is 0 Å². The Morgan fingerprint density at radius 3 is 1.39 bits per heavy atom. The predicted molar refractivity (Wildman–Crippen MR) is 97.7 cm³/mol. The number of carbonyl (C=O) groups is 6. The summed E-state index contributed by atoms with van der Waals surface area (Å²) in [4.78, 5) is 75.5. The van der Waals surface area contributed by atoms with Crippen molar-refractivity contribution in [2.75, 3.05) is 42.7 Å². The Morgan fingerprint density at radius 2 is 0.968 bits per heavy atom. The first-order chi connectivity index (χ1) is 14.6. The van der Waals surface area contributed by atoms with Crippen molar-refractivity contribution in [1.82, 2.24) is 0 Å². The zero-order valence-corrected chi connectivity index (χ0v) is 17.6. The molecule has 12 nitrogen and oxygen atoms in total. The molecule has 1 rings (SSSR count). The molecule has 0 saturated heterocycles. The molecule has 0 N–H and O–H groups in total. The van der Waals surface area contributed by atoms with Gasteiger partial charge in [-0.05, 0) is 0 Å². The van der Waals surface area contributed by atoms with Gasteiger partial charge in [0, 0.05) is 0 Å². The molecule has 0 saturated carbocycles. The maximum atomic E-state index is 12.7. The summed E-state index contributed by atoms with van der Waals surface area (Å²) in [5.74, 6) is -9.23. The van der Waals surface area contributed by atoms with Crippen LogP contribution >= 0.6 is 0 Å². The SMILES string of the molecule is COC(=O)C1=CC(C(=O)OC)C(C(=O)OC)=C(C(=O)OC)C(C(=O)OC)=C1C(=O)OC. The van der Waals surface area contributed by atoms with Crippen LogP contribution in [0.4, 0.5) is 0 Å². The van der Waals surface area contributed by atoms with Gasteiger partial charge in [0.1, 0.15) is 5.92 Å². The Bertz CT molecular complexity index is 918. The lowest BCUT2D eigenvalue weighted by atomic mass is 9.90. The van der Waals surface area contributed by atoms with Crippen LogP contribution in [0, 0.1) is 5.92 Å². The van der Waals surface area contributed by atoms with Gasteiger partial charge in [0.2, 0.25) is 0 Å². The highest BCUT2D eigenvalue weighted by Gasteiger charge is 2.44.